The molecule has 8 nitrogen and oxygen atoms in total. The summed E-state index contributed by atoms with van der Waals surface area (Å²) in [5.74, 6) is -0.464. The van der Waals surface area contributed by atoms with Crippen molar-refractivity contribution in [1.29, 1.82) is 0 Å². The minimum atomic E-state index is -4.56. The van der Waals surface area contributed by atoms with Crippen LogP contribution in [-0.2, 0) is 27.9 Å². The van der Waals surface area contributed by atoms with Crippen molar-refractivity contribution >= 4 is 13.8 Å². The number of phosphoric ester groups is 1. The molecule has 2 atom stereocenters. The summed E-state index contributed by atoms with van der Waals surface area (Å²) in [4.78, 5) is 25.0. The van der Waals surface area contributed by atoms with Crippen LogP contribution in [0.3, 0.4) is 0 Å². The molecule has 0 amide bonds. The maximum Gasteiger partial charge on any atom is 0.310 e. The van der Waals surface area contributed by atoms with Crippen LogP contribution in [0.15, 0.2) is 97.2 Å². The topological polar surface area (TPSA) is 94.1 Å². The minimum absolute atomic E-state index is 0.00409. The molecule has 0 heterocycles. The molecule has 0 rings (SSSR count). The van der Waals surface area contributed by atoms with Crippen LogP contribution in [-0.4, -0.2) is 70.7 Å². The van der Waals surface area contributed by atoms with Gasteiger partial charge in [-0.05, 0) is 77.0 Å². The second-order valence-electron chi connectivity index (χ2n) is 17.5. The predicted octanol–water partition coefficient (Wildman–Crippen LogP) is 14.8. The molecule has 0 N–H and O–H groups in total. The standard InChI is InChI=1S/C54H94NO7P/c1-6-8-10-12-14-16-18-20-22-23-24-25-26-27-28-29-30-31-32-34-36-38-40-42-44-46-49-59-51-53(52-61-63(57,58)60-50-48-55(3,4)5)62-54(56)47-45-43-41-39-37-35-33-21-19-17-15-13-11-9-7-2/h9,11,15,17-18,20-21,23-24,26-27,33,37,39,43,45,53H,6-8,10,12-14,16,19,22,25,28-32,34-36,38,40-42,44,46-52H2,1-5H3/b11-9-,17-15-,20-18-,24-23-,27-26-,33-21-,39-37-,45-43-. The van der Waals surface area contributed by atoms with Crippen LogP contribution in [0.2, 0.25) is 0 Å². The van der Waals surface area contributed by atoms with Crippen LogP contribution >= 0.6 is 7.82 Å². The first-order valence-electron chi connectivity index (χ1n) is 25.0. The Labute approximate surface area is 387 Å². The van der Waals surface area contributed by atoms with Gasteiger partial charge in [-0.25, -0.2) is 0 Å². The molecule has 0 saturated carbocycles. The van der Waals surface area contributed by atoms with E-state index in [0.717, 1.165) is 51.4 Å². The van der Waals surface area contributed by atoms with Gasteiger partial charge in [-0.1, -0.05) is 195 Å². The lowest BCUT2D eigenvalue weighted by atomic mass is 10.1. The minimum Gasteiger partial charge on any atom is -0.756 e. The number of quaternary nitrogens is 1. The van der Waals surface area contributed by atoms with Crippen molar-refractivity contribution in [3.63, 3.8) is 0 Å². The fourth-order valence-electron chi connectivity index (χ4n) is 6.33. The van der Waals surface area contributed by atoms with Crippen molar-refractivity contribution in [2.24, 2.45) is 0 Å². The molecule has 0 spiro atoms. The van der Waals surface area contributed by atoms with Gasteiger partial charge in [0, 0.05) is 6.61 Å². The Balaban J connectivity index is 4.21. The summed E-state index contributed by atoms with van der Waals surface area (Å²) in [6.07, 6.45) is 63.3. The van der Waals surface area contributed by atoms with Crippen LogP contribution in [0.5, 0.6) is 0 Å². The third-order valence-electron chi connectivity index (χ3n) is 10.2. The molecule has 0 aliphatic rings. The average molecular weight is 900 g/mol. The highest BCUT2D eigenvalue weighted by molar-refractivity contribution is 7.45. The molecule has 0 saturated heterocycles. The highest BCUT2D eigenvalue weighted by Gasteiger charge is 2.20. The maximum absolute atomic E-state index is 12.6. The third-order valence-corrected chi connectivity index (χ3v) is 11.1. The van der Waals surface area contributed by atoms with Gasteiger partial charge in [-0.15, -0.1) is 0 Å². The molecule has 63 heavy (non-hydrogen) atoms. The Morgan fingerprint density at radius 1 is 0.508 bits per heavy atom. The van der Waals surface area contributed by atoms with Crippen LogP contribution in [0, 0.1) is 0 Å². The molecule has 0 bridgehead atoms. The van der Waals surface area contributed by atoms with E-state index in [2.05, 4.69) is 98.9 Å². The van der Waals surface area contributed by atoms with E-state index in [1.807, 2.05) is 27.2 Å². The smallest absolute Gasteiger partial charge is 0.310 e. The van der Waals surface area contributed by atoms with Gasteiger partial charge < -0.3 is 27.9 Å². The Bertz CT molecular complexity index is 1320. The third kappa shape index (κ3) is 50.3. The molecular weight excluding hydrogens is 806 g/mol. The van der Waals surface area contributed by atoms with Crippen LogP contribution in [0.1, 0.15) is 181 Å². The van der Waals surface area contributed by atoms with E-state index in [-0.39, 0.29) is 26.2 Å². The van der Waals surface area contributed by atoms with Crippen LogP contribution in [0.25, 0.3) is 0 Å². The van der Waals surface area contributed by atoms with E-state index >= 15 is 0 Å². The Morgan fingerprint density at radius 2 is 0.921 bits per heavy atom. The van der Waals surface area contributed by atoms with Crippen molar-refractivity contribution in [3.05, 3.63) is 97.2 Å². The quantitative estimate of drug-likeness (QED) is 0.0197. The highest BCUT2D eigenvalue weighted by Crippen LogP contribution is 2.38. The first kappa shape index (κ1) is 60.4. The summed E-state index contributed by atoms with van der Waals surface area (Å²) in [6.45, 7) is 5.13. The van der Waals surface area contributed by atoms with Gasteiger partial charge in [0.1, 0.15) is 19.3 Å². The molecular formula is C54H94NO7P. The zero-order chi connectivity index (χ0) is 46.2. The lowest BCUT2D eigenvalue weighted by Gasteiger charge is -2.28. The van der Waals surface area contributed by atoms with Crippen molar-refractivity contribution in [1.82, 2.24) is 0 Å². The number of phosphoric acid groups is 1. The van der Waals surface area contributed by atoms with E-state index in [1.54, 1.807) is 6.08 Å². The number of esters is 1. The van der Waals surface area contributed by atoms with Crippen molar-refractivity contribution in [2.45, 2.75) is 187 Å². The number of hydrogen-bond acceptors (Lipinski definition) is 7. The van der Waals surface area contributed by atoms with Gasteiger partial charge in [0.2, 0.25) is 0 Å². The number of likely N-dealkylation sites (N-methyl/N-ethyl adjacent to an activating group) is 1. The summed E-state index contributed by atoms with van der Waals surface area (Å²) >= 11 is 0. The van der Waals surface area contributed by atoms with E-state index in [4.69, 9.17) is 18.5 Å². The zero-order valence-electron chi connectivity index (χ0n) is 41.0. The summed E-state index contributed by atoms with van der Waals surface area (Å²) in [6, 6.07) is 0. The molecule has 2 unspecified atom stereocenters. The fourth-order valence-corrected chi connectivity index (χ4v) is 7.06. The summed E-state index contributed by atoms with van der Waals surface area (Å²) < 4.78 is 34.5. The Morgan fingerprint density at radius 3 is 1.38 bits per heavy atom. The van der Waals surface area contributed by atoms with Crippen molar-refractivity contribution in [2.75, 3.05) is 54.1 Å². The van der Waals surface area contributed by atoms with Crippen LogP contribution in [0.4, 0.5) is 0 Å². The molecule has 0 radical (unpaired) electrons. The van der Waals surface area contributed by atoms with Gasteiger partial charge in [0.15, 0.2) is 0 Å². The number of rotatable bonds is 45. The van der Waals surface area contributed by atoms with Gasteiger partial charge in [0.05, 0.1) is 40.8 Å². The average Bonchev–Trinajstić information content (AvgIpc) is 3.24. The Hall–Kier alpha value is -2.58. The van der Waals surface area contributed by atoms with Gasteiger partial charge in [-0.3, -0.25) is 9.36 Å². The van der Waals surface area contributed by atoms with E-state index < -0.39 is 19.9 Å². The summed E-state index contributed by atoms with van der Waals surface area (Å²) in [5, 5.41) is 0. The number of unbranched alkanes of at least 4 members (excludes halogenated alkanes) is 16. The summed E-state index contributed by atoms with van der Waals surface area (Å²) in [5.41, 5.74) is 0. The van der Waals surface area contributed by atoms with Gasteiger partial charge in [0.25, 0.3) is 7.82 Å². The number of carbonyl (C=O) groups is 1. The maximum atomic E-state index is 12.6. The second kappa shape index (κ2) is 46.0. The molecule has 9 heteroatoms. The second-order valence-corrected chi connectivity index (χ2v) is 18.9. The van der Waals surface area contributed by atoms with Crippen LogP contribution < -0.4 is 4.89 Å². The SMILES string of the molecule is CC/C=C\C/C=C\C/C=C\C/C=C\C/C=C\CC(=O)OC(COCCCCCCCCCCCCC/C=C\C/C=C\C/C=C\CCCCCCC)COP(=O)([O-])OCC[N+](C)(C)C. The fraction of sp³-hybridized carbons (Fsp3) is 0.685. The molecule has 0 fully saturated rings. The van der Waals surface area contributed by atoms with Crippen molar-refractivity contribution < 1.29 is 37.3 Å². The van der Waals surface area contributed by atoms with E-state index in [0.29, 0.717) is 24.1 Å². The Kier molecular flexibility index (Phi) is 44.1. The molecule has 0 aromatic heterocycles. The molecule has 362 valence electrons. The molecule has 0 aliphatic heterocycles. The highest BCUT2D eigenvalue weighted by atomic mass is 31.2. The summed E-state index contributed by atoms with van der Waals surface area (Å²) in [7, 11) is 1.29. The molecule has 0 aliphatic carbocycles. The van der Waals surface area contributed by atoms with Gasteiger partial charge in [-0.2, -0.15) is 0 Å². The first-order valence-corrected chi connectivity index (χ1v) is 26.4. The molecule has 0 aromatic rings. The number of carbonyl (C=O) groups excluding carboxylic acids is 1. The largest absolute Gasteiger partial charge is 0.756 e. The monoisotopic (exact) mass is 900 g/mol. The van der Waals surface area contributed by atoms with Gasteiger partial charge >= 0.3 is 5.97 Å². The first-order chi connectivity index (χ1) is 30.6. The number of allylic oxidation sites excluding steroid dienone is 15. The number of ether oxygens (including phenoxy) is 2. The number of nitrogens with zero attached hydrogens (tertiary/aromatic N) is 1. The zero-order valence-corrected chi connectivity index (χ0v) is 41.9. The van der Waals surface area contributed by atoms with Crippen molar-refractivity contribution in [3.8, 4) is 0 Å². The van der Waals surface area contributed by atoms with E-state index in [9.17, 15) is 14.3 Å². The molecule has 0 aromatic carbocycles. The predicted molar refractivity (Wildman–Crippen MR) is 268 cm³/mol. The normalized spacial score (nSPS) is 14.4. The lowest BCUT2D eigenvalue weighted by molar-refractivity contribution is -0.870. The van der Waals surface area contributed by atoms with E-state index in [1.165, 1.54) is 103 Å². The number of hydrogen-bond donors (Lipinski definition) is 0. The lowest BCUT2D eigenvalue weighted by Crippen LogP contribution is -2.37.